The van der Waals surface area contributed by atoms with Crippen molar-refractivity contribution >= 4 is 17.9 Å². The maximum atomic E-state index is 11.7. The Bertz CT molecular complexity index is 409. The van der Waals surface area contributed by atoms with Crippen molar-refractivity contribution in [1.29, 1.82) is 0 Å². The van der Waals surface area contributed by atoms with Gasteiger partial charge < -0.3 is 19.9 Å². The number of ether oxygens (including phenoxy) is 2. The van der Waals surface area contributed by atoms with Gasteiger partial charge in [0.25, 0.3) is 5.91 Å². The van der Waals surface area contributed by atoms with Crippen LogP contribution in [-0.2, 0) is 19.1 Å². The van der Waals surface area contributed by atoms with E-state index < -0.39 is 31.1 Å². The summed E-state index contributed by atoms with van der Waals surface area (Å²) in [6.07, 6.45) is 0.778. The molecule has 2 unspecified atom stereocenters. The number of aliphatic carboxylic acids is 1. The SMILES string of the molecule is CCOC1CC(NC(=O)NC(=O)COCC(=O)O)C1(C)C. The minimum absolute atomic E-state index is 0.0817. The van der Waals surface area contributed by atoms with Crippen molar-refractivity contribution in [2.75, 3.05) is 19.8 Å². The molecule has 0 heterocycles. The first-order chi connectivity index (χ1) is 9.77. The van der Waals surface area contributed by atoms with Gasteiger partial charge >= 0.3 is 12.0 Å². The van der Waals surface area contributed by atoms with Crippen LogP contribution in [0.1, 0.15) is 27.2 Å². The number of carbonyl (C=O) groups is 3. The van der Waals surface area contributed by atoms with Crippen LogP contribution in [0.2, 0.25) is 0 Å². The van der Waals surface area contributed by atoms with Crippen molar-refractivity contribution in [2.45, 2.75) is 39.3 Å². The van der Waals surface area contributed by atoms with Gasteiger partial charge in [0, 0.05) is 18.1 Å². The lowest BCUT2D eigenvalue weighted by atomic mass is 9.64. The lowest BCUT2D eigenvalue weighted by Gasteiger charge is -2.51. The lowest BCUT2D eigenvalue weighted by Crippen LogP contribution is -2.63. The minimum Gasteiger partial charge on any atom is -0.480 e. The quantitative estimate of drug-likeness (QED) is 0.615. The highest BCUT2D eigenvalue weighted by molar-refractivity contribution is 5.95. The molecule has 2 atom stereocenters. The van der Waals surface area contributed by atoms with Crippen LogP contribution in [-0.4, -0.2) is 55.0 Å². The Morgan fingerprint density at radius 2 is 1.95 bits per heavy atom. The summed E-state index contributed by atoms with van der Waals surface area (Å²) >= 11 is 0. The maximum Gasteiger partial charge on any atom is 0.329 e. The fourth-order valence-corrected chi connectivity index (χ4v) is 2.20. The molecule has 1 rings (SSSR count). The van der Waals surface area contributed by atoms with Crippen molar-refractivity contribution in [2.24, 2.45) is 5.41 Å². The summed E-state index contributed by atoms with van der Waals surface area (Å²) in [4.78, 5) is 33.2. The zero-order chi connectivity index (χ0) is 16.0. The lowest BCUT2D eigenvalue weighted by molar-refractivity contribution is -0.143. The van der Waals surface area contributed by atoms with E-state index in [1.54, 1.807) is 0 Å². The Labute approximate surface area is 123 Å². The van der Waals surface area contributed by atoms with E-state index in [0.717, 1.165) is 0 Å². The van der Waals surface area contributed by atoms with Gasteiger partial charge in [0.05, 0.1) is 6.10 Å². The minimum atomic E-state index is -1.18. The Hall–Kier alpha value is -1.67. The van der Waals surface area contributed by atoms with Crippen LogP contribution in [0.5, 0.6) is 0 Å². The third-order valence-corrected chi connectivity index (χ3v) is 3.56. The molecule has 1 fully saturated rings. The molecule has 0 saturated heterocycles. The van der Waals surface area contributed by atoms with Crippen LogP contribution >= 0.6 is 0 Å². The van der Waals surface area contributed by atoms with E-state index in [0.29, 0.717) is 13.0 Å². The molecule has 1 aliphatic carbocycles. The third-order valence-electron chi connectivity index (χ3n) is 3.56. The number of nitrogens with one attached hydrogen (secondary N) is 2. The Morgan fingerprint density at radius 3 is 2.48 bits per heavy atom. The van der Waals surface area contributed by atoms with E-state index in [1.807, 2.05) is 20.8 Å². The summed E-state index contributed by atoms with van der Waals surface area (Å²) in [5.74, 6) is -1.86. The second-order valence-corrected chi connectivity index (χ2v) is 5.46. The molecule has 0 aromatic carbocycles. The molecule has 8 heteroatoms. The number of urea groups is 1. The summed E-state index contributed by atoms with van der Waals surface area (Å²) in [7, 11) is 0. The molecule has 3 N–H and O–H groups in total. The zero-order valence-electron chi connectivity index (χ0n) is 12.5. The van der Waals surface area contributed by atoms with E-state index in [1.165, 1.54) is 0 Å². The predicted molar refractivity (Wildman–Crippen MR) is 72.7 cm³/mol. The van der Waals surface area contributed by atoms with Gasteiger partial charge in [0.2, 0.25) is 0 Å². The third kappa shape index (κ3) is 4.98. The van der Waals surface area contributed by atoms with Gasteiger partial charge in [0.15, 0.2) is 0 Å². The molecule has 0 aliphatic heterocycles. The number of carboxylic acids is 1. The van der Waals surface area contributed by atoms with Crippen LogP contribution in [0.15, 0.2) is 0 Å². The van der Waals surface area contributed by atoms with Crippen molar-refractivity contribution < 1.29 is 29.0 Å². The molecule has 0 aromatic rings. The summed E-state index contributed by atoms with van der Waals surface area (Å²) in [6.45, 7) is 5.45. The van der Waals surface area contributed by atoms with Gasteiger partial charge in [-0.15, -0.1) is 0 Å². The molecule has 8 nitrogen and oxygen atoms in total. The molecule has 1 aliphatic rings. The first-order valence-corrected chi connectivity index (χ1v) is 6.78. The van der Waals surface area contributed by atoms with Gasteiger partial charge in [0.1, 0.15) is 13.2 Å². The first kappa shape index (κ1) is 17.4. The highest BCUT2D eigenvalue weighted by atomic mass is 16.5. The highest BCUT2D eigenvalue weighted by Crippen LogP contribution is 2.42. The monoisotopic (exact) mass is 302 g/mol. The first-order valence-electron chi connectivity index (χ1n) is 6.78. The number of hydrogen-bond acceptors (Lipinski definition) is 5. The molecule has 3 amide bonds. The van der Waals surface area contributed by atoms with Crippen molar-refractivity contribution in [1.82, 2.24) is 10.6 Å². The molecule has 0 spiro atoms. The normalized spacial score (nSPS) is 23.0. The van der Waals surface area contributed by atoms with Gasteiger partial charge in [-0.2, -0.15) is 0 Å². The number of imide groups is 1. The molecule has 0 aromatic heterocycles. The van der Waals surface area contributed by atoms with Gasteiger partial charge in [-0.05, 0) is 13.3 Å². The Kier molecular flexibility index (Phi) is 6.10. The van der Waals surface area contributed by atoms with E-state index >= 15 is 0 Å². The van der Waals surface area contributed by atoms with Gasteiger partial charge in [-0.1, -0.05) is 13.8 Å². The largest absolute Gasteiger partial charge is 0.480 e. The van der Waals surface area contributed by atoms with Gasteiger partial charge in [-0.25, -0.2) is 9.59 Å². The van der Waals surface area contributed by atoms with Crippen LogP contribution in [0, 0.1) is 5.41 Å². The van der Waals surface area contributed by atoms with Crippen molar-refractivity contribution in [3.05, 3.63) is 0 Å². The zero-order valence-corrected chi connectivity index (χ0v) is 12.5. The average molecular weight is 302 g/mol. The molecule has 120 valence electrons. The second kappa shape index (κ2) is 7.37. The Balaban J connectivity index is 2.28. The highest BCUT2D eigenvalue weighted by Gasteiger charge is 2.49. The fraction of sp³-hybridized carbons (Fsp3) is 0.769. The number of carboxylic acid groups (broad SMARTS) is 1. The smallest absolute Gasteiger partial charge is 0.329 e. The standard InChI is InChI=1S/C13H22N2O6/c1-4-21-9-5-8(13(9,2)3)14-12(19)15-10(16)6-20-7-11(17)18/h8-9H,4-7H2,1-3H3,(H,17,18)(H2,14,15,16,19). The van der Waals surface area contributed by atoms with E-state index in [9.17, 15) is 14.4 Å². The van der Waals surface area contributed by atoms with Crippen molar-refractivity contribution in [3.8, 4) is 0 Å². The van der Waals surface area contributed by atoms with Crippen LogP contribution in [0.25, 0.3) is 0 Å². The molecule has 0 radical (unpaired) electrons. The number of hydrogen-bond donors (Lipinski definition) is 3. The van der Waals surface area contributed by atoms with Crippen LogP contribution < -0.4 is 10.6 Å². The predicted octanol–water partition coefficient (Wildman–Crippen LogP) is 0.117. The van der Waals surface area contributed by atoms with Crippen LogP contribution in [0.4, 0.5) is 4.79 Å². The molecule has 1 saturated carbocycles. The summed E-state index contributed by atoms with van der Waals surface area (Å²) in [5, 5.41) is 13.1. The number of amides is 3. The van der Waals surface area contributed by atoms with E-state index in [2.05, 4.69) is 15.4 Å². The molecule has 0 bridgehead atoms. The summed E-state index contributed by atoms with van der Waals surface area (Å²) < 4.78 is 10.1. The molecular weight excluding hydrogens is 280 g/mol. The number of carbonyl (C=O) groups excluding carboxylic acids is 2. The molecular formula is C13H22N2O6. The van der Waals surface area contributed by atoms with E-state index in [-0.39, 0.29) is 17.6 Å². The molecule has 21 heavy (non-hydrogen) atoms. The fourth-order valence-electron chi connectivity index (χ4n) is 2.20. The number of rotatable bonds is 7. The van der Waals surface area contributed by atoms with Crippen molar-refractivity contribution in [3.63, 3.8) is 0 Å². The van der Waals surface area contributed by atoms with Crippen LogP contribution in [0.3, 0.4) is 0 Å². The summed E-state index contributed by atoms with van der Waals surface area (Å²) in [5.41, 5.74) is -0.198. The Morgan fingerprint density at radius 1 is 1.29 bits per heavy atom. The average Bonchev–Trinajstić information content (AvgIpc) is 2.37. The topological polar surface area (TPSA) is 114 Å². The summed E-state index contributed by atoms with van der Waals surface area (Å²) in [6, 6.07) is -0.700. The maximum absolute atomic E-state index is 11.7. The second-order valence-electron chi connectivity index (χ2n) is 5.46. The van der Waals surface area contributed by atoms with E-state index in [4.69, 9.17) is 9.84 Å². The van der Waals surface area contributed by atoms with Gasteiger partial charge in [-0.3, -0.25) is 10.1 Å².